The Labute approximate surface area is 123 Å². The number of primary sulfonamides is 1. The molecule has 0 aliphatic rings. The normalized spacial score (nSPS) is 13.1. The molecule has 0 aliphatic heterocycles. The first-order chi connectivity index (χ1) is 9.86. The Morgan fingerprint density at radius 3 is 2.71 bits per heavy atom. The van der Waals surface area contributed by atoms with Gasteiger partial charge in [-0.2, -0.15) is 0 Å². The highest BCUT2D eigenvalue weighted by molar-refractivity contribution is 7.89. The Morgan fingerprint density at radius 2 is 2.10 bits per heavy atom. The number of hydrogen-bond donors (Lipinski definition) is 2. The van der Waals surface area contributed by atoms with Crippen molar-refractivity contribution in [2.24, 2.45) is 5.14 Å². The average Bonchev–Trinajstić information content (AvgIpc) is 2.45. The molecule has 1 atom stereocenters. The maximum absolute atomic E-state index is 12.8. The summed E-state index contributed by atoms with van der Waals surface area (Å²) < 4.78 is 35.4. The van der Waals surface area contributed by atoms with E-state index in [1.807, 2.05) is 6.92 Å². The number of aromatic nitrogens is 1. The molecule has 0 saturated heterocycles. The number of hydrogen-bond acceptors (Lipinski definition) is 4. The van der Waals surface area contributed by atoms with E-state index in [2.05, 4.69) is 10.3 Å². The predicted octanol–water partition coefficient (Wildman–Crippen LogP) is 1.72. The van der Waals surface area contributed by atoms with Gasteiger partial charge in [-0.3, -0.25) is 4.98 Å². The maximum atomic E-state index is 12.8. The summed E-state index contributed by atoms with van der Waals surface area (Å²) in [7, 11) is -3.70. The number of rotatable bonds is 5. The first-order valence-corrected chi connectivity index (χ1v) is 7.87. The van der Waals surface area contributed by atoms with Crippen LogP contribution in [-0.2, 0) is 16.6 Å². The lowest BCUT2D eigenvalue weighted by Gasteiger charge is -2.13. The first kappa shape index (κ1) is 15.6. The maximum Gasteiger partial charge on any atom is 0.238 e. The van der Waals surface area contributed by atoms with E-state index in [1.165, 1.54) is 18.2 Å². The van der Waals surface area contributed by atoms with E-state index in [-0.39, 0.29) is 16.8 Å². The zero-order valence-corrected chi connectivity index (χ0v) is 12.3. The average molecular weight is 309 g/mol. The molecule has 0 bridgehead atoms. The molecular weight excluding hydrogens is 293 g/mol. The Kier molecular flexibility index (Phi) is 4.66. The van der Waals surface area contributed by atoms with Crippen molar-refractivity contribution in [2.45, 2.75) is 24.4 Å². The number of nitrogens with two attached hydrogens (primary N) is 1. The van der Waals surface area contributed by atoms with Crippen LogP contribution in [0, 0.1) is 5.82 Å². The molecule has 21 heavy (non-hydrogen) atoms. The molecule has 0 radical (unpaired) electrons. The number of nitrogens with zero attached hydrogens (tertiary/aromatic N) is 1. The summed E-state index contributed by atoms with van der Waals surface area (Å²) in [6, 6.07) is 9.26. The van der Waals surface area contributed by atoms with Crippen molar-refractivity contribution >= 4 is 10.0 Å². The van der Waals surface area contributed by atoms with E-state index >= 15 is 0 Å². The molecule has 2 aromatic rings. The van der Waals surface area contributed by atoms with Gasteiger partial charge in [-0.1, -0.05) is 12.1 Å². The van der Waals surface area contributed by atoms with Gasteiger partial charge in [-0.25, -0.2) is 17.9 Å². The highest BCUT2D eigenvalue weighted by Gasteiger charge is 2.10. The van der Waals surface area contributed by atoms with Crippen molar-refractivity contribution in [3.05, 3.63) is 59.7 Å². The molecule has 0 saturated carbocycles. The van der Waals surface area contributed by atoms with Gasteiger partial charge in [0.2, 0.25) is 10.0 Å². The van der Waals surface area contributed by atoms with Crippen LogP contribution in [0.5, 0.6) is 0 Å². The smallest absolute Gasteiger partial charge is 0.238 e. The number of nitrogens with one attached hydrogen (secondary N) is 1. The fourth-order valence-corrected chi connectivity index (χ4v) is 2.44. The Balaban J connectivity index is 2.04. The van der Waals surface area contributed by atoms with Gasteiger partial charge in [0.05, 0.1) is 16.8 Å². The SMILES string of the molecule is CC(NCc1cccc(S(N)(=O)=O)c1)c1ccc(F)cn1. The van der Waals surface area contributed by atoms with E-state index in [9.17, 15) is 12.8 Å². The van der Waals surface area contributed by atoms with Gasteiger partial charge < -0.3 is 5.32 Å². The van der Waals surface area contributed by atoms with Crippen LogP contribution < -0.4 is 10.5 Å². The van der Waals surface area contributed by atoms with E-state index in [4.69, 9.17) is 5.14 Å². The molecule has 112 valence electrons. The van der Waals surface area contributed by atoms with Crippen LogP contribution in [0.15, 0.2) is 47.5 Å². The van der Waals surface area contributed by atoms with Crippen LogP contribution in [0.2, 0.25) is 0 Å². The summed E-state index contributed by atoms with van der Waals surface area (Å²) in [6.45, 7) is 2.34. The lowest BCUT2D eigenvalue weighted by Crippen LogP contribution is -2.19. The number of halogens is 1. The minimum atomic E-state index is -3.70. The second kappa shape index (κ2) is 6.30. The molecule has 0 fully saturated rings. The van der Waals surface area contributed by atoms with Gasteiger partial charge in [0, 0.05) is 12.6 Å². The van der Waals surface area contributed by atoms with E-state index < -0.39 is 10.0 Å². The van der Waals surface area contributed by atoms with Crippen molar-refractivity contribution in [3.63, 3.8) is 0 Å². The molecule has 0 aliphatic carbocycles. The molecule has 1 aromatic carbocycles. The van der Waals surface area contributed by atoms with Crippen molar-refractivity contribution in [3.8, 4) is 0 Å². The molecule has 1 heterocycles. The third-order valence-corrected chi connectivity index (χ3v) is 3.94. The summed E-state index contributed by atoms with van der Waals surface area (Å²) >= 11 is 0. The third-order valence-electron chi connectivity index (χ3n) is 3.03. The summed E-state index contributed by atoms with van der Waals surface area (Å²) in [5, 5.41) is 8.29. The molecule has 3 N–H and O–H groups in total. The lowest BCUT2D eigenvalue weighted by molar-refractivity contribution is 0.554. The molecule has 0 amide bonds. The minimum absolute atomic E-state index is 0.0781. The monoisotopic (exact) mass is 309 g/mol. The van der Waals surface area contributed by atoms with Crippen LogP contribution in [0.3, 0.4) is 0 Å². The van der Waals surface area contributed by atoms with Crippen molar-refractivity contribution in [1.82, 2.24) is 10.3 Å². The van der Waals surface area contributed by atoms with Gasteiger partial charge in [0.25, 0.3) is 0 Å². The number of pyridine rings is 1. The van der Waals surface area contributed by atoms with Crippen LogP contribution in [0.25, 0.3) is 0 Å². The lowest BCUT2D eigenvalue weighted by atomic mass is 10.2. The second-order valence-corrected chi connectivity index (χ2v) is 6.26. The first-order valence-electron chi connectivity index (χ1n) is 6.33. The summed E-state index contributed by atoms with van der Waals surface area (Å²) in [5.74, 6) is -0.383. The summed E-state index contributed by atoms with van der Waals surface area (Å²) in [5.41, 5.74) is 1.49. The molecule has 1 unspecified atom stereocenters. The van der Waals surface area contributed by atoms with Crippen LogP contribution in [-0.4, -0.2) is 13.4 Å². The molecule has 0 spiro atoms. The van der Waals surface area contributed by atoms with Gasteiger partial charge in [-0.15, -0.1) is 0 Å². The molecule has 5 nitrogen and oxygen atoms in total. The highest BCUT2D eigenvalue weighted by Crippen LogP contribution is 2.13. The Morgan fingerprint density at radius 1 is 1.33 bits per heavy atom. The molecular formula is C14H16FN3O2S. The zero-order valence-electron chi connectivity index (χ0n) is 11.5. The topological polar surface area (TPSA) is 85.1 Å². The second-order valence-electron chi connectivity index (χ2n) is 4.70. The molecule has 1 aromatic heterocycles. The van der Waals surface area contributed by atoms with Crippen LogP contribution in [0.4, 0.5) is 4.39 Å². The number of sulfonamides is 1. The summed E-state index contributed by atoms with van der Waals surface area (Å²) in [4.78, 5) is 4.07. The fourth-order valence-electron chi connectivity index (χ4n) is 1.85. The third kappa shape index (κ3) is 4.32. The van der Waals surface area contributed by atoms with Gasteiger partial charge in [0.1, 0.15) is 5.82 Å². The Hall–Kier alpha value is -1.83. The standard InChI is InChI=1S/C14H16FN3O2S/c1-10(14-6-5-12(15)9-18-14)17-8-11-3-2-4-13(7-11)21(16,19)20/h2-7,9-10,17H,8H2,1H3,(H2,16,19,20). The summed E-state index contributed by atoms with van der Waals surface area (Å²) in [6.07, 6.45) is 1.16. The molecule has 2 rings (SSSR count). The zero-order chi connectivity index (χ0) is 15.5. The number of benzene rings is 1. The van der Waals surface area contributed by atoms with E-state index in [0.717, 1.165) is 11.8 Å². The van der Waals surface area contributed by atoms with Crippen LogP contribution in [0.1, 0.15) is 24.2 Å². The fraction of sp³-hybridized carbons (Fsp3) is 0.214. The van der Waals surface area contributed by atoms with E-state index in [0.29, 0.717) is 12.2 Å². The van der Waals surface area contributed by atoms with E-state index in [1.54, 1.807) is 18.2 Å². The van der Waals surface area contributed by atoms with Gasteiger partial charge >= 0.3 is 0 Å². The van der Waals surface area contributed by atoms with Crippen molar-refractivity contribution in [1.29, 1.82) is 0 Å². The highest BCUT2D eigenvalue weighted by atomic mass is 32.2. The Bertz CT molecular complexity index is 717. The van der Waals surface area contributed by atoms with Crippen molar-refractivity contribution in [2.75, 3.05) is 0 Å². The minimum Gasteiger partial charge on any atom is -0.305 e. The van der Waals surface area contributed by atoms with Gasteiger partial charge in [-0.05, 0) is 36.8 Å². The quantitative estimate of drug-likeness (QED) is 0.880. The largest absolute Gasteiger partial charge is 0.305 e. The van der Waals surface area contributed by atoms with Crippen LogP contribution >= 0.6 is 0 Å². The predicted molar refractivity (Wildman–Crippen MR) is 77.3 cm³/mol. The van der Waals surface area contributed by atoms with Gasteiger partial charge in [0.15, 0.2) is 0 Å². The molecule has 7 heteroatoms. The van der Waals surface area contributed by atoms with Crippen molar-refractivity contribution < 1.29 is 12.8 Å².